The summed E-state index contributed by atoms with van der Waals surface area (Å²) >= 11 is 6.39. The van der Waals surface area contributed by atoms with Crippen LogP contribution in [-0.2, 0) is 11.3 Å². The van der Waals surface area contributed by atoms with Crippen molar-refractivity contribution in [3.05, 3.63) is 52.5 Å². The molecule has 31 heavy (non-hydrogen) atoms. The van der Waals surface area contributed by atoms with E-state index in [4.69, 9.17) is 30.5 Å². The molecular weight excluding hydrogens is 439 g/mol. The first-order valence-electron chi connectivity index (χ1n) is 10.3. The number of ether oxygens (including phenoxy) is 4. The van der Waals surface area contributed by atoms with Crippen LogP contribution in [0.4, 0.5) is 0 Å². The summed E-state index contributed by atoms with van der Waals surface area (Å²) in [6.07, 6.45) is 0. The lowest BCUT2D eigenvalue weighted by molar-refractivity contribution is 0.0161. The molecule has 2 aromatic carbocycles. The van der Waals surface area contributed by atoms with Crippen LogP contribution in [0, 0.1) is 0 Å². The largest absolute Gasteiger partial charge is 0.497 e. The lowest BCUT2D eigenvalue weighted by Crippen LogP contribution is -2.42. The van der Waals surface area contributed by atoms with Gasteiger partial charge in [0.25, 0.3) is 0 Å². The highest BCUT2D eigenvalue weighted by Crippen LogP contribution is 2.36. The van der Waals surface area contributed by atoms with Gasteiger partial charge in [0.1, 0.15) is 5.75 Å². The van der Waals surface area contributed by atoms with Gasteiger partial charge in [-0.05, 0) is 42.3 Å². The van der Waals surface area contributed by atoms with E-state index in [9.17, 15) is 0 Å². The molecule has 0 amide bonds. The third-order valence-electron chi connectivity index (χ3n) is 5.23. The number of benzene rings is 2. The van der Waals surface area contributed by atoms with E-state index >= 15 is 0 Å². The second kappa shape index (κ2) is 13.0. The molecule has 0 radical (unpaired) electrons. The molecule has 1 heterocycles. The van der Waals surface area contributed by atoms with Crippen molar-refractivity contribution < 1.29 is 18.9 Å². The highest BCUT2D eigenvalue weighted by Gasteiger charge is 2.22. The number of morpholine rings is 1. The standard InChI is InChI=1S/C23H31ClN2O4.ClH/c1-4-30-22-14-17(13-20(24)23(22)28-3)15-25-16-21(26-9-11-29-12-10-26)18-5-7-19(27-2)8-6-18;/h5-8,13-14,21,25H,4,9-12,15-16H2,1-3H3;1H. The molecule has 2 aromatic rings. The lowest BCUT2D eigenvalue weighted by atomic mass is 10.0. The molecule has 3 rings (SSSR count). The van der Waals surface area contributed by atoms with Gasteiger partial charge in [0.15, 0.2) is 11.5 Å². The van der Waals surface area contributed by atoms with Crippen molar-refractivity contribution in [2.45, 2.75) is 19.5 Å². The van der Waals surface area contributed by atoms with Crippen molar-refractivity contribution >= 4 is 24.0 Å². The zero-order chi connectivity index (χ0) is 21.3. The average Bonchev–Trinajstić information content (AvgIpc) is 2.78. The van der Waals surface area contributed by atoms with E-state index in [0.29, 0.717) is 29.7 Å². The van der Waals surface area contributed by atoms with Crippen LogP contribution in [-0.4, -0.2) is 58.6 Å². The van der Waals surface area contributed by atoms with Crippen LogP contribution in [0.25, 0.3) is 0 Å². The molecule has 1 saturated heterocycles. The Balaban J connectivity index is 0.00000341. The quantitative estimate of drug-likeness (QED) is 0.557. The Morgan fingerprint density at radius 1 is 1.10 bits per heavy atom. The number of halogens is 2. The number of nitrogens with zero attached hydrogens (tertiary/aromatic N) is 1. The van der Waals surface area contributed by atoms with Gasteiger partial charge in [-0.15, -0.1) is 12.4 Å². The van der Waals surface area contributed by atoms with Crippen LogP contribution in [0.2, 0.25) is 5.02 Å². The maximum Gasteiger partial charge on any atom is 0.179 e. The zero-order valence-corrected chi connectivity index (χ0v) is 19.9. The summed E-state index contributed by atoms with van der Waals surface area (Å²) in [5, 5.41) is 4.15. The summed E-state index contributed by atoms with van der Waals surface area (Å²) in [5.74, 6) is 2.11. The molecular formula is C23H32Cl2N2O4. The first-order valence-corrected chi connectivity index (χ1v) is 10.7. The van der Waals surface area contributed by atoms with E-state index in [1.165, 1.54) is 5.56 Å². The van der Waals surface area contributed by atoms with E-state index in [1.54, 1.807) is 14.2 Å². The number of hydrogen-bond acceptors (Lipinski definition) is 6. The topological polar surface area (TPSA) is 52.2 Å². The molecule has 1 aliphatic rings. The first kappa shape index (κ1) is 25.6. The molecule has 1 fully saturated rings. The smallest absolute Gasteiger partial charge is 0.179 e. The molecule has 0 bridgehead atoms. The van der Waals surface area contributed by atoms with Crippen LogP contribution in [0.15, 0.2) is 36.4 Å². The SMILES string of the molecule is CCOc1cc(CNCC(c2ccc(OC)cc2)N2CCOCC2)cc(Cl)c1OC.Cl. The van der Waals surface area contributed by atoms with Gasteiger partial charge in [0.2, 0.25) is 0 Å². The molecule has 1 aliphatic heterocycles. The van der Waals surface area contributed by atoms with E-state index in [2.05, 4.69) is 22.3 Å². The van der Waals surface area contributed by atoms with Gasteiger partial charge in [-0.25, -0.2) is 0 Å². The molecule has 1 unspecified atom stereocenters. The van der Waals surface area contributed by atoms with E-state index < -0.39 is 0 Å². The van der Waals surface area contributed by atoms with Crippen molar-refractivity contribution in [1.82, 2.24) is 10.2 Å². The maximum atomic E-state index is 6.39. The van der Waals surface area contributed by atoms with Crippen LogP contribution in [0.5, 0.6) is 17.2 Å². The third-order valence-corrected chi connectivity index (χ3v) is 5.51. The molecule has 0 spiro atoms. The van der Waals surface area contributed by atoms with Gasteiger partial charge in [-0.1, -0.05) is 23.7 Å². The molecule has 0 saturated carbocycles. The Morgan fingerprint density at radius 2 is 1.81 bits per heavy atom. The number of rotatable bonds is 10. The summed E-state index contributed by atoms with van der Waals surface area (Å²) in [7, 11) is 3.29. The zero-order valence-electron chi connectivity index (χ0n) is 18.4. The number of hydrogen-bond donors (Lipinski definition) is 1. The van der Waals surface area contributed by atoms with Crippen LogP contribution in [0.3, 0.4) is 0 Å². The van der Waals surface area contributed by atoms with E-state index in [0.717, 1.165) is 44.2 Å². The molecule has 6 nitrogen and oxygen atoms in total. The fourth-order valence-corrected chi connectivity index (χ4v) is 4.02. The Morgan fingerprint density at radius 3 is 2.42 bits per heavy atom. The average molecular weight is 471 g/mol. The second-order valence-electron chi connectivity index (χ2n) is 7.11. The molecule has 0 aliphatic carbocycles. The predicted octanol–water partition coefficient (Wildman–Crippen LogP) is 4.34. The number of methoxy groups -OCH3 is 2. The van der Waals surface area contributed by atoms with Crippen molar-refractivity contribution in [3.8, 4) is 17.2 Å². The van der Waals surface area contributed by atoms with Crippen molar-refractivity contribution in [2.24, 2.45) is 0 Å². The predicted molar refractivity (Wildman–Crippen MR) is 126 cm³/mol. The normalized spacial score (nSPS) is 15.1. The van der Waals surface area contributed by atoms with Gasteiger partial charge in [-0.3, -0.25) is 4.90 Å². The number of nitrogens with one attached hydrogen (secondary N) is 1. The fraction of sp³-hybridized carbons (Fsp3) is 0.478. The monoisotopic (exact) mass is 470 g/mol. The third kappa shape index (κ3) is 6.89. The van der Waals surface area contributed by atoms with Gasteiger partial charge in [0, 0.05) is 32.2 Å². The summed E-state index contributed by atoms with van der Waals surface area (Å²) in [4.78, 5) is 2.46. The Labute approximate surface area is 196 Å². The Bertz CT molecular complexity index is 799. The molecule has 1 atom stereocenters. The highest BCUT2D eigenvalue weighted by molar-refractivity contribution is 6.32. The minimum absolute atomic E-state index is 0. The minimum Gasteiger partial charge on any atom is -0.497 e. The lowest BCUT2D eigenvalue weighted by Gasteiger charge is -2.35. The van der Waals surface area contributed by atoms with Gasteiger partial charge in [-0.2, -0.15) is 0 Å². The summed E-state index contributed by atoms with van der Waals surface area (Å²) < 4.78 is 21.9. The Hall–Kier alpha value is -1.70. The first-order chi connectivity index (χ1) is 14.7. The van der Waals surface area contributed by atoms with Crippen LogP contribution in [0.1, 0.15) is 24.1 Å². The highest BCUT2D eigenvalue weighted by atomic mass is 35.5. The van der Waals surface area contributed by atoms with Gasteiger partial charge < -0.3 is 24.3 Å². The van der Waals surface area contributed by atoms with Crippen LogP contribution >= 0.6 is 24.0 Å². The fourth-order valence-electron chi connectivity index (χ4n) is 3.71. The van der Waals surface area contributed by atoms with Gasteiger partial charge in [0.05, 0.1) is 39.1 Å². The Kier molecular flexibility index (Phi) is 10.7. The molecule has 0 aromatic heterocycles. The van der Waals surface area contributed by atoms with Gasteiger partial charge >= 0.3 is 0 Å². The molecule has 1 N–H and O–H groups in total. The summed E-state index contributed by atoms with van der Waals surface area (Å²) in [5.41, 5.74) is 2.31. The summed E-state index contributed by atoms with van der Waals surface area (Å²) in [6.45, 7) is 7.35. The van der Waals surface area contributed by atoms with Crippen molar-refractivity contribution in [2.75, 3.05) is 53.7 Å². The minimum atomic E-state index is 0. The van der Waals surface area contributed by atoms with Crippen molar-refractivity contribution in [3.63, 3.8) is 0 Å². The maximum absolute atomic E-state index is 6.39. The second-order valence-corrected chi connectivity index (χ2v) is 7.52. The van der Waals surface area contributed by atoms with Crippen molar-refractivity contribution in [1.29, 1.82) is 0 Å². The summed E-state index contributed by atoms with van der Waals surface area (Å²) in [6, 6.07) is 12.5. The van der Waals surface area contributed by atoms with E-state index in [-0.39, 0.29) is 18.4 Å². The van der Waals surface area contributed by atoms with E-state index in [1.807, 2.05) is 31.2 Å². The van der Waals surface area contributed by atoms with Crippen LogP contribution < -0.4 is 19.5 Å². The molecule has 8 heteroatoms. The molecule has 172 valence electrons.